The number of halogens is 1. The zero-order valence-electron chi connectivity index (χ0n) is 16.2. The largest absolute Gasteiger partial charge is 0.457 e. The highest BCUT2D eigenvalue weighted by Gasteiger charge is 2.43. The Hall–Kier alpha value is -2.66. The Morgan fingerprint density at radius 3 is 2.59 bits per heavy atom. The number of hydrogen-bond acceptors (Lipinski definition) is 4. The van der Waals surface area contributed by atoms with Gasteiger partial charge >= 0.3 is 5.97 Å². The quantitative estimate of drug-likeness (QED) is 0.663. The van der Waals surface area contributed by atoms with Crippen LogP contribution in [0.4, 0.5) is 0 Å². The van der Waals surface area contributed by atoms with Crippen LogP contribution in [0.3, 0.4) is 0 Å². The van der Waals surface area contributed by atoms with Gasteiger partial charge in [-0.1, -0.05) is 70.5 Å². The SMILES string of the molecule is CC1=C(C(=O)OCc2ccccc2)C(c2ccccc2Br)C2C(=O)CCC=C2N1. The Balaban J connectivity index is 1.73. The molecule has 1 aliphatic heterocycles. The molecule has 0 fully saturated rings. The fourth-order valence-corrected chi connectivity index (χ4v) is 4.68. The van der Waals surface area contributed by atoms with Gasteiger partial charge in [-0.3, -0.25) is 4.79 Å². The van der Waals surface area contributed by atoms with Crippen molar-refractivity contribution in [3.8, 4) is 0 Å². The van der Waals surface area contributed by atoms with Crippen molar-refractivity contribution in [3.63, 3.8) is 0 Å². The first-order valence-electron chi connectivity index (χ1n) is 9.72. The molecule has 0 saturated heterocycles. The number of carbonyl (C=O) groups excluding carboxylic acids is 2. The first-order chi connectivity index (χ1) is 14.1. The van der Waals surface area contributed by atoms with Crippen LogP contribution in [-0.2, 0) is 20.9 Å². The van der Waals surface area contributed by atoms with Crippen LogP contribution in [0.5, 0.6) is 0 Å². The van der Waals surface area contributed by atoms with Gasteiger partial charge in [-0.25, -0.2) is 4.79 Å². The summed E-state index contributed by atoms with van der Waals surface area (Å²) in [6.07, 6.45) is 3.29. The Morgan fingerprint density at radius 1 is 1.10 bits per heavy atom. The molecule has 0 saturated carbocycles. The number of Topliss-reactive ketones (excluding diaryl/α,β-unsaturated/α-hetero) is 1. The van der Waals surface area contributed by atoms with Crippen molar-refractivity contribution in [2.24, 2.45) is 5.92 Å². The highest BCUT2D eigenvalue weighted by molar-refractivity contribution is 9.10. The van der Waals surface area contributed by atoms with Gasteiger partial charge in [-0.05, 0) is 30.5 Å². The molecule has 2 aromatic carbocycles. The Bertz CT molecular complexity index is 1010. The van der Waals surface area contributed by atoms with Crippen molar-refractivity contribution in [2.75, 3.05) is 0 Å². The average molecular weight is 452 g/mol. The minimum Gasteiger partial charge on any atom is -0.457 e. The molecule has 2 atom stereocenters. The van der Waals surface area contributed by atoms with Crippen LogP contribution in [-0.4, -0.2) is 11.8 Å². The summed E-state index contributed by atoms with van der Waals surface area (Å²) < 4.78 is 6.54. The average Bonchev–Trinajstić information content (AvgIpc) is 2.72. The molecule has 2 aromatic rings. The molecule has 2 unspecified atom stereocenters. The van der Waals surface area contributed by atoms with Crippen molar-refractivity contribution in [3.05, 3.63) is 93.2 Å². The fourth-order valence-electron chi connectivity index (χ4n) is 4.15. The van der Waals surface area contributed by atoms with Crippen LogP contribution in [0.1, 0.15) is 36.8 Å². The van der Waals surface area contributed by atoms with Gasteiger partial charge in [0.15, 0.2) is 0 Å². The van der Waals surface area contributed by atoms with Crippen LogP contribution < -0.4 is 5.32 Å². The minimum atomic E-state index is -0.398. The maximum atomic E-state index is 13.2. The number of carbonyl (C=O) groups is 2. The number of nitrogens with one attached hydrogen (secondary N) is 1. The number of ketones is 1. The molecular weight excluding hydrogens is 430 g/mol. The lowest BCUT2D eigenvalue weighted by Crippen LogP contribution is -2.40. The van der Waals surface area contributed by atoms with Crippen LogP contribution in [0, 0.1) is 5.92 Å². The lowest BCUT2D eigenvalue weighted by atomic mass is 9.71. The van der Waals surface area contributed by atoms with Gasteiger partial charge in [-0.2, -0.15) is 0 Å². The first kappa shape index (κ1) is 19.6. The number of ether oxygens (including phenoxy) is 1. The topological polar surface area (TPSA) is 55.4 Å². The molecule has 148 valence electrons. The van der Waals surface area contributed by atoms with Crippen LogP contribution >= 0.6 is 15.9 Å². The maximum absolute atomic E-state index is 13.2. The monoisotopic (exact) mass is 451 g/mol. The molecule has 0 radical (unpaired) electrons. The minimum absolute atomic E-state index is 0.150. The summed E-state index contributed by atoms with van der Waals surface area (Å²) in [4.78, 5) is 26.1. The molecule has 0 spiro atoms. The normalized spacial score (nSPS) is 21.2. The molecule has 1 heterocycles. The second kappa shape index (κ2) is 8.37. The summed E-state index contributed by atoms with van der Waals surface area (Å²) in [5, 5.41) is 3.30. The van der Waals surface area contributed by atoms with E-state index in [1.165, 1.54) is 0 Å². The third kappa shape index (κ3) is 3.92. The van der Waals surface area contributed by atoms with Gasteiger partial charge in [-0.15, -0.1) is 0 Å². The van der Waals surface area contributed by atoms with E-state index < -0.39 is 11.9 Å². The molecule has 2 aliphatic rings. The van der Waals surface area contributed by atoms with Gasteiger partial charge < -0.3 is 10.1 Å². The Labute approximate surface area is 178 Å². The van der Waals surface area contributed by atoms with E-state index in [0.717, 1.165) is 33.4 Å². The molecule has 0 amide bonds. The van der Waals surface area contributed by atoms with Crippen molar-refractivity contribution in [2.45, 2.75) is 32.3 Å². The van der Waals surface area contributed by atoms with E-state index in [9.17, 15) is 9.59 Å². The van der Waals surface area contributed by atoms with Crippen molar-refractivity contribution >= 4 is 27.7 Å². The number of allylic oxidation sites excluding steroid dienone is 3. The standard InChI is InChI=1S/C24H22BrNO3/c1-15-21(24(28)29-14-16-8-3-2-4-9-16)22(17-10-5-6-11-18(17)25)23-19(26-15)12-7-13-20(23)27/h2-6,8-12,22-23,26H,7,13-14H2,1H3. The third-order valence-corrected chi connectivity index (χ3v) is 6.21. The molecule has 4 nitrogen and oxygen atoms in total. The predicted molar refractivity (Wildman–Crippen MR) is 115 cm³/mol. The molecule has 0 aromatic heterocycles. The van der Waals surface area contributed by atoms with Crippen LogP contribution in [0.25, 0.3) is 0 Å². The van der Waals surface area contributed by atoms with E-state index in [1.54, 1.807) is 0 Å². The Morgan fingerprint density at radius 2 is 1.83 bits per heavy atom. The lowest BCUT2D eigenvalue weighted by molar-refractivity contribution is -0.141. The van der Waals surface area contributed by atoms with E-state index in [-0.39, 0.29) is 18.3 Å². The summed E-state index contributed by atoms with van der Waals surface area (Å²) in [6, 6.07) is 17.4. The van der Waals surface area contributed by atoms with Gasteiger partial charge in [0.05, 0.1) is 11.5 Å². The molecule has 29 heavy (non-hydrogen) atoms. The summed E-state index contributed by atoms with van der Waals surface area (Å²) in [7, 11) is 0. The van der Waals surface area contributed by atoms with Gasteiger partial charge in [0, 0.05) is 28.2 Å². The summed E-state index contributed by atoms with van der Waals surface area (Å²) in [6.45, 7) is 2.07. The maximum Gasteiger partial charge on any atom is 0.336 e. The van der Waals surface area contributed by atoms with Crippen molar-refractivity contribution in [1.82, 2.24) is 5.32 Å². The number of esters is 1. The second-order valence-electron chi connectivity index (χ2n) is 7.37. The van der Waals surface area contributed by atoms with E-state index in [1.807, 2.05) is 61.5 Å². The molecule has 0 bridgehead atoms. The highest BCUT2D eigenvalue weighted by Crippen LogP contribution is 2.45. The van der Waals surface area contributed by atoms with Crippen molar-refractivity contribution in [1.29, 1.82) is 0 Å². The van der Waals surface area contributed by atoms with Gasteiger partial charge in [0.1, 0.15) is 12.4 Å². The number of fused-ring (bicyclic) bond motifs is 1. The second-order valence-corrected chi connectivity index (χ2v) is 8.22. The summed E-state index contributed by atoms with van der Waals surface area (Å²) in [5.74, 6) is -1.02. The van der Waals surface area contributed by atoms with Crippen molar-refractivity contribution < 1.29 is 14.3 Å². The summed E-state index contributed by atoms with van der Waals surface area (Å²) in [5.41, 5.74) is 3.99. The van der Waals surface area contributed by atoms with E-state index in [0.29, 0.717) is 12.0 Å². The zero-order chi connectivity index (χ0) is 20.4. The van der Waals surface area contributed by atoms with Crippen LogP contribution in [0.15, 0.2) is 82.1 Å². The number of hydrogen-bond donors (Lipinski definition) is 1. The number of benzene rings is 2. The molecule has 5 heteroatoms. The predicted octanol–water partition coefficient (Wildman–Crippen LogP) is 5.02. The van der Waals surface area contributed by atoms with Gasteiger partial charge in [0.2, 0.25) is 0 Å². The lowest BCUT2D eigenvalue weighted by Gasteiger charge is -2.38. The van der Waals surface area contributed by atoms with E-state index in [4.69, 9.17) is 4.74 Å². The smallest absolute Gasteiger partial charge is 0.336 e. The molecule has 1 aliphatic carbocycles. The first-order valence-corrected chi connectivity index (χ1v) is 10.5. The molecule has 4 rings (SSSR count). The molecular formula is C24H22BrNO3. The third-order valence-electron chi connectivity index (χ3n) is 5.49. The van der Waals surface area contributed by atoms with Gasteiger partial charge in [0.25, 0.3) is 0 Å². The molecule has 1 N–H and O–H groups in total. The fraction of sp³-hybridized carbons (Fsp3) is 0.250. The summed E-state index contributed by atoms with van der Waals surface area (Å²) >= 11 is 3.61. The number of rotatable bonds is 4. The zero-order valence-corrected chi connectivity index (χ0v) is 17.7. The van der Waals surface area contributed by atoms with Crippen LogP contribution in [0.2, 0.25) is 0 Å². The van der Waals surface area contributed by atoms with E-state index in [2.05, 4.69) is 27.3 Å². The highest BCUT2D eigenvalue weighted by atomic mass is 79.9. The van der Waals surface area contributed by atoms with E-state index >= 15 is 0 Å². The Kier molecular flexibility index (Phi) is 5.67.